The SMILES string of the molecule is CCOC(=O)C1CCCN(C(=O)CSc2nnnn2-c2ccc(OC(F)(F)F)cc2)C1. The molecule has 1 atom stereocenters. The van der Waals surface area contributed by atoms with E-state index in [-0.39, 0.29) is 29.3 Å². The maximum absolute atomic E-state index is 12.6. The van der Waals surface area contributed by atoms with Crippen molar-refractivity contribution in [1.82, 2.24) is 25.1 Å². The first-order valence-corrected chi connectivity index (χ1v) is 10.5. The maximum Gasteiger partial charge on any atom is 0.573 e. The molecule has 0 spiro atoms. The number of halogens is 3. The van der Waals surface area contributed by atoms with Gasteiger partial charge in [-0.25, -0.2) is 0 Å². The summed E-state index contributed by atoms with van der Waals surface area (Å²) in [6.07, 6.45) is -3.38. The first kappa shape index (κ1) is 22.8. The van der Waals surface area contributed by atoms with E-state index in [4.69, 9.17) is 4.74 Å². The van der Waals surface area contributed by atoms with Crippen molar-refractivity contribution in [2.24, 2.45) is 5.92 Å². The standard InChI is InChI=1S/C18H20F3N5O4S/c1-2-29-16(28)12-4-3-9-25(10-12)15(27)11-31-17-22-23-24-26(17)13-5-7-14(8-6-13)30-18(19,20)21/h5-8,12H,2-4,9-11H2,1H3. The molecule has 0 N–H and O–H groups in total. The van der Waals surface area contributed by atoms with Crippen molar-refractivity contribution in [3.63, 3.8) is 0 Å². The number of likely N-dealkylation sites (tertiary alicyclic amines) is 1. The molecule has 1 aromatic carbocycles. The van der Waals surface area contributed by atoms with Crippen molar-refractivity contribution in [2.75, 3.05) is 25.4 Å². The number of ether oxygens (including phenoxy) is 2. The lowest BCUT2D eigenvalue weighted by Gasteiger charge is -2.31. The number of amides is 1. The first-order valence-electron chi connectivity index (χ1n) is 9.48. The van der Waals surface area contributed by atoms with Crippen molar-refractivity contribution in [3.8, 4) is 11.4 Å². The molecular formula is C18H20F3N5O4S. The van der Waals surface area contributed by atoms with Gasteiger partial charge < -0.3 is 14.4 Å². The third-order valence-corrected chi connectivity index (χ3v) is 5.38. The normalized spacial score (nSPS) is 16.8. The largest absolute Gasteiger partial charge is 0.573 e. The van der Waals surface area contributed by atoms with Gasteiger partial charge in [0.15, 0.2) is 0 Å². The van der Waals surface area contributed by atoms with E-state index in [9.17, 15) is 22.8 Å². The van der Waals surface area contributed by atoms with Gasteiger partial charge in [0, 0.05) is 13.1 Å². The molecule has 1 fully saturated rings. The van der Waals surface area contributed by atoms with E-state index in [2.05, 4.69) is 20.3 Å². The van der Waals surface area contributed by atoms with Gasteiger partial charge in [-0.2, -0.15) is 4.68 Å². The third-order valence-electron chi connectivity index (χ3n) is 4.47. The smallest absolute Gasteiger partial charge is 0.466 e. The summed E-state index contributed by atoms with van der Waals surface area (Å²) in [5, 5.41) is 11.6. The molecule has 1 saturated heterocycles. The Morgan fingerprint density at radius 2 is 2.00 bits per heavy atom. The molecule has 1 aliphatic heterocycles. The molecule has 168 valence electrons. The Bertz CT molecular complexity index is 906. The fraction of sp³-hybridized carbons (Fsp3) is 0.500. The molecule has 9 nitrogen and oxygen atoms in total. The van der Waals surface area contributed by atoms with Crippen LogP contribution in [0.1, 0.15) is 19.8 Å². The summed E-state index contributed by atoms with van der Waals surface area (Å²) in [5.41, 5.74) is 0.412. The summed E-state index contributed by atoms with van der Waals surface area (Å²) in [4.78, 5) is 26.2. The highest BCUT2D eigenvalue weighted by Gasteiger charge is 2.31. The lowest BCUT2D eigenvalue weighted by Crippen LogP contribution is -2.43. The second kappa shape index (κ2) is 9.98. The Balaban J connectivity index is 1.59. The number of alkyl halides is 3. The molecule has 1 aromatic heterocycles. The summed E-state index contributed by atoms with van der Waals surface area (Å²) < 4.78 is 47.1. The second-order valence-electron chi connectivity index (χ2n) is 6.63. The number of carbonyl (C=O) groups is 2. The minimum absolute atomic E-state index is 0.0468. The maximum atomic E-state index is 12.6. The zero-order valence-electron chi connectivity index (χ0n) is 16.5. The number of aromatic nitrogens is 4. The van der Waals surface area contributed by atoms with Gasteiger partial charge in [0.2, 0.25) is 11.1 Å². The van der Waals surface area contributed by atoms with E-state index in [1.807, 2.05) is 0 Å². The number of benzene rings is 1. The number of rotatable bonds is 7. The zero-order valence-corrected chi connectivity index (χ0v) is 17.4. The number of nitrogens with zero attached hydrogens (tertiary/aromatic N) is 5. The molecule has 13 heteroatoms. The average molecular weight is 459 g/mol. The van der Waals surface area contributed by atoms with E-state index < -0.39 is 6.36 Å². The van der Waals surface area contributed by atoms with Crippen LogP contribution < -0.4 is 4.74 Å². The van der Waals surface area contributed by atoms with E-state index in [0.717, 1.165) is 23.9 Å². The fourth-order valence-corrected chi connectivity index (χ4v) is 3.89. The lowest BCUT2D eigenvalue weighted by molar-refractivity contribution is -0.274. The quantitative estimate of drug-likeness (QED) is 0.460. The number of esters is 1. The van der Waals surface area contributed by atoms with Gasteiger partial charge in [-0.05, 0) is 54.5 Å². The molecule has 2 aromatic rings. The van der Waals surface area contributed by atoms with Crippen LogP contribution >= 0.6 is 11.8 Å². The van der Waals surface area contributed by atoms with Crippen LogP contribution in [0.25, 0.3) is 5.69 Å². The highest BCUT2D eigenvalue weighted by molar-refractivity contribution is 7.99. The van der Waals surface area contributed by atoms with Crippen LogP contribution in [0.3, 0.4) is 0 Å². The summed E-state index contributed by atoms with van der Waals surface area (Å²) in [7, 11) is 0. The molecular weight excluding hydrogens is 439 g/mol. The Morgan fingerprint density at radius 1 is 1.26 bits per heavy atom. The van der Waals surface area contributed by atoms with Crippen LogP contribution in [0.15, 0.2) is 29.4 Å². The summed E-state index contributed by atoms with van der Waals surface area (Å²) in [6.45, 7) is 2.90. The molecule has 1 amide bonds. The summed E-state index contributed by atoms with van der Waals surface area (Å²) >= 11 is 1.09. The van der Waals surface area contributed by atoms with Crippen LogP contribution in [0.5, 0.6) is 5.75 Å². The van der Waals surface area contributed by atoms with Crippen molar-refractivity contribution in [3.05, 3.63) is 24.3 Å². The molecule has 0 bridgehead atoms. The average Bonchev–Trinajstić information content (AvgIpc) is 3.20. The van der Waals surface area contributed by atoms with Crippen LogP contribution in [0, 0.1) is 5.92 Å². The van der Waals surface area contributed by atoms with Crippen molar-refractivity contribution < 1.29 is 32.2 Å². The minimum atomic E-state index is -4.78. The Labute approximate surface area is 179 Å². The Kier molecular flexibility index (Phi) is 7.36. The molecule has 3 rings (SSSR count). The zero-order chi connectivity index (χ0) is 22.4. The number of thioether (sulfide) groups is 1. The molecule has 0 saturated carbocycles. The topological polar surface area (TPSA) is 99.4 Å². The van der Waals surface area contributed by atoms with Crippen LogP contribution in [-0.2, 0) is 14.3 Å². The molecule has 0 aliphatic carbocycles. The van der Waals surface area contributed by atoms with Crippen LogP contribution in [0.2, 0.25) is 0 Å². The highest BCUT2D eigenvalue weighted by atomic mass is 32.2. The minimum Gasteiger partial charge on any atom is -0.466 e. The first-order chi connectivity index (χ1) is 14.8. The molecule has 2 heterocycles. The number of hydrogen-bond acceptors (Lipinski definition) is 8. The number of carbonyl (C=O) groups excluding carboxylic acids is 2. The summed E-state index contributed by atoms with van der Waals surface area (Å²) in [6, 6.07) is 5.04. The van der Waals surface area contributed by atoms with Crippen LogP contribution in [-0.4, -0.2) is 68.8 Å². The van der Waals surface area contributed by atoms with Gasteiger partial charge in [0.1, 0.15) is 5.75 Å². The monoisotopic (exact) mass is 459 g/mol. The van der Waals surface area contributed by atoms with Gasteiger partial charge in [-0.3, -0.25) is 9.59 Å². The molecule has 0 radical (unpaired) electrons. The van der Waals surface area contributed by atoms with Gasteiger partial charge >= 0.3 is 12.3 Å². The number of tetrazole rings is 1. The molecule has 1 aliphatic rings. The van der Waals surface area contributed by atoms with E-state index in [1.165, 1.54) is 16.8 Å². The van der Waals surface area contributed by atoms with Crippen molar-refractivity contribution in [2.45, 2.75) is 31.3 Å². The highest BCUT2D eigenvalue weighted by Crippen LogP contribution is 2.25. The van der Waals surface area contributed by atoms with Gasteiger partial charge in [0.25, 0.3) is 0 Å². The Morgan fingerprint density at radius 3 is 2.68 bits per heavy atom. The fourth-order valence-electron chi connectivity index (χ4n) is 3.09. The van der Waals surface area contributed by atoms with E-state index >= 15 is 0 Å². The Hall–Kier alpha value is -2.83. The molecule has 1 unspecified atom stereocenters. The van der Waals surface area contributed by atoms with Gasteiger partial charge in [-0.1, -0.05) is 11.8 Å². The second-order valence-corrected chi connectivity index (χ2v) is 7.58. The molecule has 31 heavy (non-hydrogen) atoms. The lowest BCUT2D eigenvalue weighted by atomic mass is 9.98. The van der Waals surface area contributed by atoms with Gasteiger partial charge in [0.05, 0.1) is 24.0 Å². The van der Waals surface area contributed by atoms with E-state index in [0.29, 0.717) is 43.4 Å². The van der Waals surface area contributed by atoms with Crippen molar-refractivity contribution >= 4 is 23.6 Å². The van der Waals surface area contributed by atoms with Gasteiger partial charge in [-0.15, -0.1) is 18.3 Å². The number of piperidine rings is 1. The van der Waals surface area contributed by atoms with Crippen molar-refractivity contribution in [1.29, 1.82) is 0 Å². The van der Waals surface area contributed by atoms with Crippen LogP contribution in [0.4, 0.5) is 13.2 Å². The third kappa shape index (κ3) is 6.32. The van der Waals surface area contributed by atoms with E-state index in [1.54, 1.807) is 11.8 Å². The number of hydrogen-bond donors (Lipinski definition) is 0. The summed E-state index contributed by atoms with van der Waals surface area (Å²) in [5.74, 6) is -1.11. The predicted molar refractivity (Wildman–Crippen MR) is 102 cm³/mol. The predicted octanol–water partition coefficient (Wildman–Crippen LogP) is 2.45.